The molecular weight excluding hydrogens is 260 g/mol. The topological polar surface area (TPSA) is 55.0 Å². The summed E-state index contributed by atoms with van der Waals surface area (Å²) in [5.74, 6) is 1.18. The Hall–Kier alpha value is -1.23. The maximum absolute atomic E-state index is 11.3. The highest BCUT2D eigenvalue weighted by Crippen LogP contribution is 2.20. The first-order valence-corrected chi connectivity index (χ1v) is 7.70. The number of aromatic nitrogens is 2. The van der Waals surface area contributed by atoms with Gasteiger partial charge in [-0.2, -0.15) is 0 Å². The first-order chi connectivity index (χ1) is 9.13. The summed E-state index contributed by atoms with van der Waals surface area (Å²) in [5.41, 5.74) is 0. The Morgan fingerprint density at radius 2 is 2.26 bits per heavy atom. The van der Waals surface area contributed by atoms with Gasteiger partial charge in [0.05, 0.1) is 23.1 Å². The van der Waals surface area contributed by atoms with Gasteiger partial charge in [0.25, 0.3) is 0 Å². The second-order valence-corrected chi connectivity index (χ2v) is 5.66. The number of aromatic amines is 1. The van der Waals surface area contributed by atoms with Crippen LogP contribution in [0.15, 0.2) is 5.16 Å². The number of carbonyl (C=O) groups excluding carboxylic acids is 1. The van der Waals surface area contributed by atoms with Crippen LogP contribution >= 0.6 is 11.8 Å². The van der Waals surface area contributed by atoms with E-state index < -0.39 is 0 Å². The van der Waals surface area contributed by atoms with Crippen molar-refractivity contribution in [2.75, 3.05) is 12.4 Å². The molecule has 0 bridgehead atoms. The smallest absolute Gasteiger partial charge is 0.316 e. The highest BCUT2D eigenvalue weighted by molar-refractivity contribution is 7.99. The number of hydrogen-bond donors (Lipinski definition) is 1. The molecule has 1 aliphatic carbocycles. The lowest BCUT2D eigenvalue weighted by Crippen LogP contribution is -2.32. The van der Waals surface area contributed by atoms with Crippen molar-refractivity contribution in [2.24, 2.45) is 11.8 Å². The van der Waals surface area contributed by atoms with Crippen molar-refractivity contribution in [1.82, 2.24) is 9.97 Å². The molecule has 0 spiro atoms. The fourth-order valence-electron chi connectivity index (χ4n) is 2.26. The number of esters is 1. The molecule has 0 amide bonds. The predicted molar refractivity (Wildman–Crippen MR) is 77.1 cm³/mol. The van der Waals surface area contributed by atoms with Gasteiger partial charge in [0.15, 0.2) is 5.16 Å². The molecule has 1 aromatic rings. The van der Waals surface area contributed by atoms with Crippen LogP contribution in [0.4, 0.5) is 0 Å². The number of imidazole rings is 1. The van der Waals surface area contributed by atoms with Crippen LogP contribution in [-0.4, -0.2) is 28.3 Å². The van der Waals surface area contributed by atoms with Gasteiger partial charge in [0, 0.05) is 0 Å². The van der Waals surface area contributed by atoms with Crippen molar-refractivity contribution in [2.45, 2.75) is 32.3 Å². The molecule has 1 N–H and O–H groups in total. The molecule has 5 heteroatoms. The number of nitrogens with one attached hydrogen (secondary N) is 1. The number of H-pyrrole nitrogens is 1. The van der Waals surface area contributed by atoms with Crippen LogP contribution in [0, 0.1) is 11.8 Å². The minimum Gasteiger partial charge on any atom is -0.465 e. The summed E-state index contributed by atoms with van der Waals surface area (Å²) in [6, 6.07) is 0. The number of ether oxygens (including phenoxy) is 1. The van der Waals surface area contributed by atoms with Crippen molar-refractivity contribution in [1.29, 1.82) is 0 Å². The lowest BCUT2D eigenvalue weighted by Gasteiger charge is -2.17. The summed E-state index contributed by atoms with van der Waals surface area (Å²) < 4.78 is 4.90. The van der Waals surface area contributed by atoms with Crippen molar-refractivity contribution in [3.8, 4) is 0 Å². The highest BCUT2D eigenvalue weighted by Gasteiger charge is 2.16. The zero-order valence-electron chi connectivity index (χ0n) is 11.6. The summed E-state index contributed by atoms with van der Waals surface area (Å²) in [4.78, 5) is 19.1. The maximum Gasteiger partial charge on any atom is 0.316 e. The monoisotopic (exact) mass is 280 g/mol. The van der Waals surface area contributed by atoms with Crippen molar-refractivity contribution in [3.63, 3.8) is 0 Å². The number of fused-ring (bicyclic) bond motifs is 1. The molecular formula is C14H20N2O2S. The van der Waals surface area contributed by atoms with E-state index in [2.05, 4.69) is 36.0 Å². The Kier molecular flexibility index (Phi) is 4.69. The van der Waals surface area contributed by atoms with E-state index in [1.165, 1.54) is 11.8 Å². The minimum atomic E-state index is -0.199. The lowest BCUT2D eigenvalue weighted by atomic mass is 9.88. The molecule has 0 saturated heterocycles. The second kappa shape index (κ2) is 6.28. The van der Waals surface area contributed by atoms with Crippen LogP contribution < -0.4 is 10.7 Å². The van der Waals surface area contributed by atoms with Gasteiger partial charge >= 0.3 is 5.97 Å². The number of thioether (sulfide) groups is 1. The average Bonchev–Trinajstić information content (AvgIpc) is 2.77. The molecule has 4 nitrogen and oxygen atoms in total. The molecule has 0 saturated carbocycles. The summed E-state index contributed by atoms with van der Waals surface area (Å²) in [6.45, 7) is 6.65. The molecule has 2 atom stereocenters. The Morgan fingerprint density at radius 3 is 2.95 bits per heavy atom. The molecule has 1 heterocycles. The van der Waals surface area contributed by atoms with Gasteiger partial charge in [0.2, 0.25) is 0 Å². The first-order valence-electron chi connectivity index (χ1n) is 6.72. The molecule has 2 unspecified atom stereocenters. The Labute approximate surface area is 117 Å². The predicted octanol–water partition coefficient (Wildman–Crippen LogP) is 1.30. The van der Waals surface area contributed by atoms with Gasteiger partial charge in [-0.1, -0.05) is 37.8 Å². The molecule has 0 aromatic carbocycles. The van der Waals surface area contributed by atoms with Gasteiger partial charge in [0.1, 0.15) is 0 Å². The van der Waals surface area contributed by atoms with Crippen LogP contribution in [0.1, 0.15) is 27.2 Å². The number of nitrogens with zero attached hydrogens (tertiary/aromatic N) is 1. The van der Waals surface area contributed by atoms with E-state index in [9.17, 15) is 4.79 Å². The van der Waals surface area contributed by atoms with E-state index in [1.54, 1.807) is 0 Å². The van der Waals surface area contributed by atoms with Crippen LogP contribution in [-0.2, 0) is 9.53 Å². The van der Waals surface area contributed by atoms with Crippen LogP contribution in [0.3, 0.4) is 0 Å². The zero-order chi connectivity index (χ0) is 13.8. The standard InChI is InChI=1S/C14H20N2O2S/c1-4-10-7-12-11(6-9(10)3)15-14(16-12)19-8-13(17)18-5-2/h6-7,9-10H,4-5,8H2,1-3H3,(H,15,16). The fraction of sp³-hybridized carbons (Fsp3) is 0.571. The Morgan fingerprint density at radius 1 is 1.47 bits per heavy atom. The highest BCUT2D eigenvalue weighted by atomic mass is 32.2. The Balaban J connectivity index is 2.11. The third-order valence-electron chi connectivity index (χ3n) is 3.32. The van der Waals surface area contributed by atoms with E-state index >= 15 is 0 Å². The molecule has 0 radical (unpaired) electrons. The Bertz CT molecular complexity index is 564. The van der Waals surface area contributed by atoms with E-state index in [0.717, 1.165) is 22.3 Å². The second-order valence-electron chi connectivity index (χ2n) is 4.70. The molecule has 2 rings (SSSR count). The summed E-state index contributed by atoms with van der Waals surface area (Å²) in [5, 5.41) is 2.87. The van der Waals surface area contributed by atoms with Crippen molar-refractivity contribution >= 4 is 29.9 Å². The zero-order valence-corrected chi connectivity index (χ0v) is 12.4. The molecule has 104 valence electrons. The summed E-state index contributed by atoms with van der Waals surface area (Å²) >= 11 is 1.39. The first kappa shape index (κ1) is 14.2. The van der Waals surface area contributed by atoms with E-state index in [4.69, 9.17) is 4.74 Å². The summed E-state index contributed by atoms with van der Waals surface area (Å²) in [6.07, 6.45) is 5.57. The molecule has 0 aliphatic heterocycles. The average molecular weight is 280 g/mol. The van der Waals surface area contributed by atoms with Crippen LogP contribution in [0.25, 0.3) is 12.2 Å². The van der Waals surface area contributed by atoms with Crippen LogP contribution in [0.5, 0.6) is 0 Å². The molecule has 19 heavy (non-hydrogen) atoms. The number of carbonyl (C=O) groups is 1. The van der Waals surface area contributed by atoms with E-state index in [-0.39, 0.29) is 5.97 Å². The number of rotatable bonds is 5. The minimum absolute atomic E-state index is 0.199. The summed E-state index contributed by atoms with van der Waals surface area (Å²) in [7, 11) is 0. The molecule has 1 aromatic heterocycles. The van der Waals surface area contributed by atoms with Crippen LogP contribution in [0.2, 0.25) is 0 Å². The van der Waals surface area contributed by atoms with Gasteiger partial charge in [-0.25, -0.2) is 4.98 Å². The quantitative estimate of drug-likeness (QED) is 0.652. The third kappa shape index (κ3) is 3.41. The molecule has 0 fully saturated rings. The third-order valence-corrected chi connectivity index (χ3v) is 4.17. The van der Waals surface area contributed by atoms with E-state index in [1.807, 2.05) is 6.92 Å². The SMILES string of the molecule is CCOC(=O)CSc1nc2c([nH]1)=CC(C)C(CC)C=2. The van der Waals surface area contributed by atoms with E-state index in [0.29, 0.717) is 24.2 Å². The number of hydrogen-bond acceptors (Lipinski definition) is 4. The lowest BCUT2D eigenvalue weighted by molar-refractivity contribution is -0.139. The normalized spacial score (nSPS) is 21.2. The largest absolute Gasteiger partial charge is 0.465 e. The van der Waals surface area contributed by atoms with Crippen molar-refractivity contribution < 1.29 is 9.53 Å². The maximum atomic E-state index is 11.3. The van der Waals surface area contributed by atoms with Crippen molar-refractivity contribution in [3.05, 3.63) is 10.7 Å². The molecule has 1 aliphatic rings. The van der Waals surface area contributed by atoms with Gasteiger partial charge in [-0.15, -0.1) is 0 Å². The van der Waals surface area contributed by atoms with Gasteiger partial charge in [-0.3, -0.25) is 4.79 Å². The fourth-order valence-corrected chi connectivity index (χ4v) is 2.94. The van der Waals surface area contributed by atoms with Gasteiger partial charge < -0.3 is 9.72 Å². The van der Waals surface area contributed by atoms with Gasteiger partial charge in [-0.05, 0) is 25.2 Å².